The second-order valence-corrected chi connectivity index (χ2v) is 5.22. The monoisotopic (exact) mass is 320 g/mol. The summed E-state index contributed by atoms with van der Waals surface area (Å²) in [5.41, 5.74) is 0.920. The fourth-order valence-corrected chi connectivity index (χ4v) is 2.33. The van der Waals surface area contributed by atoms with E-state index >= 15 is 0 Å². The van der Waals surface area contributed by atoms with Gasteiger partial charge in [0.25, 0.3) is 0 Å². The number of β-amino-alcohol motifs (C(OH)–C–C–N with tert-alkyl or cyclic N) is 1. The van der Waals surface area contributed by atoms with Crippen LogP contribution in [0.2, 0.25) is 0 Å². The summed E-state index contributed by atoms with van der Waals surface area (Å²) in [5.74, 6) is 0.503. The normalized spacial score (nSPS) is 21.6. The van der Waals surface area contributed by atoms with Crippen molar-refractivity contribution in [3.8, 4) is 5.88 Å². The molecule has 1 aromatic rings. The Labute approximate surface area is 126 Å². The van der Waals surface area contributed by atoms with Crippen molar-refractivity contribution in [1.29, 1.82) is 0 Å². The van der Waals surface area contributed by atoms with Crippen molar-refractivity contribution in [3.05, 3.63) is 23.9 Å². The van der Waals surface area contributed by atoms with Gasteiger partial charge in [0.2, 0.25) is 5.88 Å². The number of rotatable bonds is 5. The number of aliphatic hydroxyl groups is 1. The van der Waals surface area contributed by atoms with E-state index in [-0.39, 0.29) is 6.10 Å². The van der Waals surface area contributed by atoms with Gasteiger partial charge in [0.1, 0.15) is 0 Å². The molecule has 0 unspecified atom stereocenters. The van der Waals surface area contributed by atoms with Gasteiger partial charge < -0.3 is 14.6 Å². The van der Waals surface area contributed by atoms with Crippen LogP contribution in [-0.4, -0.2) is 66.7 Å². The van der Waals surface area contributed by atoms with Crippen LogP contribution in [0.15, 0.2) is 18.3 Å². The van der Waals surface area contributed by atoms with Gasteiger partial charge >= 0.3 is 6.18 Å². The summed E-state index contributed by atoms with van der Waals surface area (Å²) in [5, 5.41) is 9.14. The molecular formula is C14H19F3N2O3. The second-order valence-electron chi connectivity index (χ2n) is 5.22. The summed E-state index contributed by atoms with van der Waals surface area (Å²) >= 11 is 0. The molecule has 2 rings (SSSR count). The molecule has 0 aromatic carbocycles. The number of nitrogens with zero attached hydrogens (tertiary/aromatic N) is 2. The highest BCUT2D eigenvalue weighted by molar-refractivity contribution is 5.18. The molecule has 1 saturated heterocycles. The van der Waals surface area contributed by atoms with Crippen LogP contribution in [0, 0.1) is 0 Å². The summed E-state index contributed by atoms with van der Waals surface area (Å²) in [6.07, 6.45) is -4.92. The zero-order chi connectivity index (χ0) is 16.2. The Kier molecular flexibility index (Phi) is 5.60. The van der Waals surface area contributed by atoms with Crippen LogP contribution in [0.4, 0.5) is 13.2 Å². The fraction of sp³-hybridized carbons (Fsp3) is 0.643. The van der Waals surface area contributed by atoms with Gasteiger partial charge in [-0.2, -0.15) is 13.2 Å². The Morgan fingerprint density at radius 3 is 2.86 bits per heavy atom. The zero-order valence-corrected chi connectivity index (χ0v) is 12.2. The van der Waals surface area contributed by atoms with E-state index in [2.05, 4.69) is 4.98 Å². The van der Waals surface area contributed by atoms with Gasteiger partial charge in [0, 0.05) is 38.3 Å². The van der Waals surface area contributed by atoms with Gasteiger partial charge in [-0.3, -0.25) is 4.90 Å². The number of alkyl halides is 3. The lowest BCUT2D eigenvalue weighted by molar-refractivity contribution is -0.211. The smallest absolute Gasteiger partial charge is 0.415 e. The van der Waals surface area contributed by atoms with Crippen LogP contribution < -0.4 is 4.74 Å². The minimum absolute atomic E-state index is 0.218. The quantitative estimate of drug-likeness (QED) is 0.885. The second kappa shape index (κ2) is 7.26. The number of aromatic nitrogens is 1. The molecule has 1 aliphatic heterocycles. The first-order chi connectivity index (χ1) is 10.4. The number of aliphatic hydroxyl groups excluding tert-OH is 1. The average molecular weight is 320 g/mol. The highest BCUT2D eigenvalue weighted by atomic mass is 19.4. The Hall–Kier alpha value is -1.38. The Balaban J connectivity index is 1.87. The predicted molar refractivity (Wildman–Crippen MR) is 72.7 cm³/mol. The average Bonchev–Trinajstić information content (AvgIpc) is 2.47. The van der Waals surface area contributed by atoms with E-state index in [1.54, 1.807) is 17.2 Å². The number of halogens is 3. The molecule has 8 heteroatoms. The molecule has 0 aliphatic carbocycles. The summed E-state index contributed by atoms with van der Waals surface area (Å²) in [6, 6.07) is 3.57. The Morgan fingerprint density at radius 2 is 2.27 bits per heavy atom. The van der Waals surface area contributed by atoms with Gasteiger partial charge in [0.15, 0.2) is 6.10 Å². The van der Waals surface area contributed by atoms with Crippen LogP contribution in [0.25, 0.3) is 0 Å². The van der Waals surface area contributed by atoms with Crippen molar-refractivity contribution in [1.82, 2.24) is 9.88 Å². The van der Waals surface area contributed by atoms with Crippen LogP contribution >= 0.6 is 0 Å². The van der Waals surface area contributed by atoms with E-state index in [9.17, 15) is 13.2 Å². The van der Waals surface area contributed by atoms with Crippen LogP contribution in [0.1, 0.15) is 5.56 Å². The summed E-state index contributed by atoms with van der Waals surface area (Å²) in [6.45, 7) is 0.646. The molecule has 0 spiro atoms. The summed E-state index contributed by atoms with van der Waals surface area (Å²) < 4.78 is 47.7. The molecule has 22 heavy (non-hydrogen) atoms. The van der Waals surface area contributed by atoms with Crippen LogP contribution in [0.3, 0.4) is 0 Å². The van der Waals surface area contributed by atoms with Gasteiger partial charge in [-0.15, -0.1) is 0 Å². The van der Waals surface area contributed by atoms with Gasteiger partial charge in [-0.1, -0.05) is 6.07 Å². The van der Waals surface area contributed by atoms with Crippen molar-refractivity contribution in [3.63, 3.8) is 0 Å². The minimum atomic E-state index is -4.59. The molecule has 1 aliphatic rings. The highest BCUT2D eigenvalue weighted by Crippen LogP contribution is 2.22. The minimum Gasteiger partial charge on any atom is -0.481 e. The Morgan fingerprint density at radius 1 is 1.50 bits per heavy atom. The maximum Gasteiger partial charge on any atom is 0.415 e. The van der Waals surface area contributed by atoms with E-state index in [0.29, 0.717) is 32.0 Å². The standard InChI is InChI=1S/C14H19F3N2O3/c1-21-13-3-2-10(7-18-13)6-11-8-19(4-5-22-11)9-12(20)14(15,16)17/h2-3,7,11-12,20H,4-6,8-9H2,1H3/t11-,12+/m1/s1. The summed E-state index contributed by atoms with van der Waals surface area (Å²) in [4.78, 5) is 5.65. The largest absolute Gasteiger partial charge is 0.481 e. The van der Waals surface area contributed by atoms with Gasteiger partial charge in [0.05, 0.1) is 19.8 Å². The van der Waals surface area contributed by atoms with Crippen LogP contribution in [0.5, 0.6) is 5.88 Å². The SMILES string of the molecule is COc1ccc(C[C@@H]2CN(C[C@H](O)C(F)(F)F)CCO2)cn1. The third-order valence-electron chi connectivity index (χ3n) is 3.50. The molecule has 1 fully saturated rings. The molecule has 1 N–H and O–H groups in total. The first kappa shape index (κ1) is 17.0. The number of pyridine rings is 1. The van der Waals surface area contributed by atoms with Crippen molar-refractivity contribution < 1.29 is 27.8 Å². The third kappa shape index (κ3) is 4.82. The van der Waals surface area contributed by atoms with Gasteiger partial charge in [-0.25, -0.2) is 4.98 Å². The van der Waals surface area contributed by atoms with Crippen molar-refractivity contribution in [2.24, 2.45) is 0 Å². The first-order valence-electron chi connectivity index (χ1n) is 6.96. The first-order valence-corrected chi connectivity index (χ1v) is 6.96. The van der Waals surface area contributed by atoms with Crippen molar-refractivity contribution in [2.75, 3.05) is 33.4 Å². The number of hydrogen-bond donors (Lipinski definition) is 1. The number of hydrogen-bond acceptors (Lipinski definition) is 5. The van der Waals surface area contributed by atoms with Crippen LogP contribution in [-0.2, 0) is 11.2 Å². The molecule has 124 valence electrons. The molecule has 0 saturated carbocycles. The fourth-order valence-electron chi connectivity index (χ4n) is 2.33. The van der Waals surface area contributed by atoms with Crippen molar-refractivity contribution >= 4 is 0 Å². The molecule has 2 heterocycles. The lowest BCUT2D eigenvalue weighted by atomic mass is 10.1. The number of morpholine rings is 1. The molecule has 0 bridgehead atoms. The topological polar surface area (TPSA) is 54.8 Å². The highest BCUT2D eigenvalue weighted by Gasteiger charge is 2.39. The van der Waals surface area contributed by atoms with E-state index in [0.717, 1.165) is 5.56 Å². The maximum atomic E-state index is 12.4. The molecule has 5 nitrogen and oxygen atoms in total. The molecule has 0 radical (unpaired) electrons. The van der Waals surface area contributed by atoms with E-state index in [1.165, 1.54) is 7.11 Å². The lowest BCUT2D eigenvalue weighted by Crippen LogP contribution is -2.49. The molecule has 2 atom stereocenters. The van der Waals surface area contributed by atoms with Gasteiger partial charge in [-0.05, 0) is 5.56 Å². The maximum absolute atomic E-state index is 12.4. The summed E-state index contributed by atoms with van der Waals surface area (Å²) in [7, 11) is 1.52. The van der Waals surface area contributed by atoms with E-state index < -0.39 is 18.8 Å². The third-order valence-corrected chi connectivity index (χ3v) is 3.50. The Bertz CT molecular complexity index is 467. The molecular weight excluding hydrogens is 301 g/mol. The lowest BCUT2D eigenvalue weighted by Gasteiger charge is -2.34. The van der Waals surface area contributed by atoms with E-state index in [1.807, 2.05) is 6.07 Å². The number of ether oxygens (including phenoxy) is 2. The van der Waals surface area contributed by atoms with Crippen molar-refractivity contribution in [2.45, 2.75) is 24.8 Å². The predicted octanol–water partition coefficient (Wildman–Crippen LogP) is 1.26. The molecule has 1 aromatic heterocycles. The molecule has 0 amide bonds. The number of methoxy groups -OCH3 is 1. The zero-order valence-electron chi connectivity index (χ0n) is 12.2. The van der Waals surface area contributed by atoms with E-state index in [4.69, 9.17) is 14.6 Å².